The Bertz CT molecular complexity index is 1110. The third-order valence-electron chi connectivity index (χ3n) is 6.78. The minimum absolute atomic E-state index is 0.118. The normalized spacial score (nSPS) is 13.8. The molecule has 1 saturated carbocycles. The maximum atomic E-state index is 13.3. The smallest absolute Gasteiger partial charge is 0.273 e. The molecule has 2 aromatic carbocycles. The topological polar surface area (TPSA) is 84.7 Å². The van der Waals surface area contributed by atoms with E-state index >= 15 is 0 Å². The van der Waals surface area contributed by atoms with Gasteiger partial charge in [-0.25, -0.2) is 0 Å². The second kappa shape index (κ2) is 12.9. The third kappa shape index (κ3) is 7.20. The summed E-state index contributed by atoms with van der Waals surface area (Å²) in [6, 6.07) is 19.7. The fourth-order valence-electron chi connectivity index (χ4n) is 4.72. The van der Waals surface area contributed by atoms with Gasteiger partial charge in [0.05, 0.1) is 13.7 Å². The molecule has 1 aliphatic carbocycles. The molecule has 36 heavy (non-hydrogen) atoms. The van der Waals surface area contributed by atoms with Crippen LogP contribution in [0, 0.1) is 0 Å². The number of hydrogen-bond acceptors (Lipinski definition) is 5. The first-order valence-corrected chi connectivity index (χ1v) is 12.8. The molecule has 1 fully saturated rings. The summed E-state index contributed by atoms with van der Waals surface area (Å²) in [6.45, 7) is 0.823. The van der Waals surface area contributed by atoms with Gasteiger partial charge in [-0.3, -0.25) is 9.59 Å². The van der Waals surface area contributed by atoms with Crippen LogP contribution < -0.4 is 10.1 Å². The summed E-state index contributed by atoms with van der Waals surface area (Å²) >= 11 is 0. The van der Waals surface area contributed by atoms with Crippen LogP contribution in [-0.4, -0.2) is 41.6 Å². The van der Waals surface area contributed by atoms with E-state index in [2.05, 4.69) is 10.5 Å². The molecule has 1 aliphatic rings. The molecule has 0 radical (unpaired) electrons. The van der Waals surface area contributed by atoms with Crippen LogP contribution in [0.1, 0.15) is 65.9 Å². The monoisotopic (exact) mass is 489 g/mol. The molecular formula is C29H35N3O4. The van der Waals surface area contributed by atoms with Crippen molar-refractivity contribution >= 4 is 11.8 Å². The largest absolute Gasteiger partial charge is 0.497 e. The molecule has 1 heterocycles. The lowest BCUT2D eigenvalue weighted by molar-refractivity contribution is -0.135. The Hall–Kier alpha value is -3.61. The van der Waals surface area contributed by atoms with E-state index in [9.17, 15) is 9.59 Å². The number of aromatic nitrogens is 1. The molecule has 7 nitrogen and oxygen atoms in total. The second-order valence-corrected chi connectivity index (χ2v) is 9.33. The minimum Gasteiger partial charge on any atom is -0.497 e. The lowest BCUT2D eigenvalue weighted by Crippen LogP contribution is -2.41. The van der Waals surface area contributed by atoms with E-state index in [0.29, 0.717) is 38.1 Å². The van der Waals surface area contributed by atoms with Crippen LogP contribution in [0.2, 0.25) is 0 Å². The predicted octanol–water partition coefficient (Wildman–Crippen LogP) is 4.95. The fourth-order valence-corrected chi connectivity index (χ4v) is 4.72. The molecule has 190 valence electrons. The van der Waals surface area contributed by atoms with Crippen molar-refractivity contribution in [3.8, 4) is 5.75 Å². The third-order valence-corrected chi connectivity index (χ3v) is 6.78. The van der Waals surface area contributed by atoms with Gasteiger partial charge in [-0.15, -0.1) is 0 Å². The summed E-state index contributed by atoms with van der Waals surface area (Å²) in [4.78, 5) is 27.8. The number of carbonyl (C=O) groups excluding carboxylic acids is 2. The lowest BCUT2D eigenvalue weighted by atomic mass is 9.93. The first kappa shape index (κ1) is 25.5. The van der Waals surface area contributed by atoms with Gasteiger partial charge in [0.1, 0.15) is 5.75 Å². The van der Waals surface area contributed by atoms with E-state index in [1.54, 1.807) is 13.2 Å². The molecule has 0 saturated heterocycles. The molecule has 7 heteroatoms. The Morgan fingerprint density at radius 2 is 1.72 bits per heavy atom. The van der Waals surface area contributed by atoms with Gasteiger partial charge in [-0.2, -0.15) is 0 Å². The average Bonchev–Trinajstić information content (AvgIpc) is 3.41. The van der Waals surface area contributed by atoms with Gasteiger partial charge in [0.15, 0.2) is 11.5 Å². The van der Waals surface area contributed by atoms with Crippen molar-refractivity contribution in [2.45, 2.75) is 64.0 Å². The summed E-state index contributed by atoms with van der Waals surface area (Å²) in [5, 5.41) is 6.87. The SMILES string of the molecule is COc1ccc(CCNC(=O)c2cc(CN(C(=O)CCc3ccccc3)C3CCCCC3)on2)cc1. The van der Waals surface area contributed by atoms with Crippen molar-refractivity contribution in [1.82, 2.24) is 15.4 Å². The van der Waals surface area contributed by atoms with Gasteiger partial charge < -0.3 is 19.5 Å². The highest BCUT2D eigenvalue weighted by molar-refractivity contribution is 5.92. The highest BCUT2D eigenvalue weighted by Gasteiger charge is 2.27. The van der Waals surface area contributed by atoms with E-state index in [0.717, 1.165) is 42.6 Å². The zero-order valence-corrected chi connectivity index (χ0v) is 20.9. The molecular weight excluding hydrogens is 454 g/mol. The van der Waals surface area contributed by atoms with Crippen LogP contribution in [0.15, 0.2) is 65.2 Å². The van der Waals surface area contributed by atoms with Crippen molar-refractivity contribution in [2.24, 2.45) is 0 Å². The highest BCUT2D eigenvalue weighted by Crippen LogP contribution is 2.25. The van der Waals surface area contributed by atoms with Crippen LogP contribution >= 0.6 is 0 Å². The van der Waals surface area contributed by atoms with Crippen molar-refractivity contribution < 1.29 is 18.8 Å². The highest BCUT2D eigenvalue weighted by atomic mass is 16.5. The first-order valence-electron chi connectivity index (χ1n) is 12.8. The van der Waals surface area contributed by atoms with Crippen LogP contribution in [0.25, 0.3) is 0 Å². The van der Waals surface area contributed by atoms with Crippen LogP contribution in [-0.2, 0) is 24.2 Å². The van der Waals surface area contributed by atoms with Crippen molar-refractivity contribution in [3.05, 3.63) is 83.2 Å². The van der Waals surface area contributed by atoms with Gasteiger partial charge in [0, 0.05) is 25.1 Å². The van der Waals surface area contributed by atoms with Crippen molar-refractivity contribution in [1.29, 1.82) is 0 Å². The number of aryl methyl sites for hydroxylation is 1. The lowest BCUT2D eigenvalue weighted by Gasteiger charge is -2.34. The van der Waals surface area contributed by atoms with Gasteiger partial charge >= 0.3 is 0 Å². The van der Waals surface area contributed by atoms with Crippen LogP contribution in [0.5, 0.6) is 5.75 Å². The molecule has 0 atom stereocenters. The molecule has 2 amide bonds. The summed E-state index contributed by atoms with van der Waals surface area (Å²) < 4.78 is 10.7. The molecule has 0 spiro atoms. The number of amides is 2. The quantitative estimate of drug-likeness (QED) is 0.412. The van der Waals surface area contributed by atoms with E-state index in [1.807, 2.05) is 59.5 Å². The van der Waals surface area contributed by atoms with Gasteiger partial charge in [0.2, 0.25) is 5.91 Å². The molecule has 0 unspecified atom stereocenters. The number of rotatable bonds is 11. The number of ether oxygens (including phenoxy) is 1. The van der Waals surface area contributed by atoms with Gasteiger partial charge in [-0.1, -0.05) is 66.9 Å². The predicted molar refractivity (Wildman–Crippen MR) is 138 cm³/mol. The molecule has 0 aliphatic heterocycles. The number of nitrogens with zero attached hydrogens (tertiary/aromatic N) is 2. The van der Waals surface area contributed by atoms with E-state index < -0.39 is 0 Å². The number of nitrogens with one attached hydrogen (secondary N) is 1. The molecule has 4 rings (SSSR count). The first-order chi connectivity index (χ1) is 17.6. The zero-order valence-electron chi connectivity index (χ0n) is 20.9. The molecule has 0 bridgehead atoms. The fraction of sp³-hybridized carbons (Fsp3) is 0.414. The molecule has 3 aromatic rings. The summed E-state index contributed by atoms with van der Waals surface area (Å²) in [5.74, 6) is 1.18. The van der Waals surface area contributed by atoms with E-state index in [4.69, 9.17) is 9.26 Å². The molecule has 1 aromatic heterocycles. The second-order valence-electron chi connectivity index (χ2n) is 9.33. The number of methoxy groups -OCH3 is 1. The van der Waals surface area contributed by atoms with Crippen molar-refractivity contribution in [2.75, 3.05) is 13.7 Å². The summed E-state index contributed by atoms with van der Waals surface area (Å²) in [6.07, 6.45) is 7.34. The average molecular weight is 490 g/mol. The number of benzene rings is 2. The Morgan fingerprint density at radius 1 is 1.00 bits per heavy atom. The van der Waals surface area contributed by atoms with Gasteiger partial charge in [0.25, 0.3) is 5.91 Å². The molecule has 1 N–H and O–H groups in total. The Kier molecular flexibility index (Phi) is 9.14. The maximum Gasteiger partial charge on any atom is 0.273 e. The van der Waals surface area contributed by atoms with Crippen LogP contribution in [0.3, 0.4) is 0 Å². The van der Waals surface area contributed by atoms with Crippen LogP contribution in [0.4, 0.5) is 0 Å². The van der Waals surface area contributed by atoms with Crippen molar-refractivity contribution in [3.63, 3.8) is 0 Å². The Morgan fingerprint density at radius 3 is 2.44 bits per heavy atom. The summed E-state index contributed by atoms with van der Waals surface area (Å²) in [7, 11) is 1.64. The number of hydrogen-bond donors (Lipinski definition) is 1. The Labute approximate surface area is 212 Å². The van der Waals surface area contributed by atoms with Gasteiger partial charge in [-0.05, 0) is 48.9 Å². The maximum absolute atomic E-state index is 13.3. The zero-order chi connectivity index (χ0) is 25.2. The number of carbonyl (C=O) groups is 2. The standard InChI is InChI=1S/C29H35N3O4/c1-35-25-15-12-23(13-16-25)18-19-30-29(34)27-20-26(36-31-27)21-32(24-10-6-3-7-11-24)28(33)17-14-22-8-4-2-5-9-22/h2,4-5,8-9,12-13,15-16,20,24H,3,6-7,10-11,14,17-19,21H2,1H3,(H,30,34). The van der Waals surface area contributed by atoms with E-state index in [1.165, 1.54) is 6.42 Å². The summed E-state index contributed by atoms with van der Waals surface area (Å²) in [5.41, 5.74) is 2.50. The minimum atomic E-state index is -0.280. The van der Waals surface area contributed by atoms with E-state index in [-0.39, 0.29) is 23.6 Å². The Balaban J connectivity index is 1.33.